The number of carbonyl (C=O) groups is 1. The van der Waals surface area contributed by atoms with Crippen LogP contribution in [0.3, 0.4) is 0 Å². The minimum absolute atomic E-state index is 0.0630. The molecule has 4 rings (SSSR count). The standard InChI is InChI=1S/C25H28N4O4S/c1-18(28-34(31,32)23-10-8-22(33-2)9-11-23)25(30)27-16-19-7-12-24(26-15-19)29-14-13-20-5-3-4-6-21(20)17-29/h3-12,15,18,28H,13-14,16-17H2,1-2H3,(H,27,30)/t18-/m0/s1. The Bertz CT molecular complexity index is 1240. The number of sulfonamides is 1. The maximum atomic E-state index is 12.5. The maximum Gasteiger partial charge on any atom is 0.241 e. The predicted octanol–water partition coefficient (Wildman–Crippen LogP) is 2.64. The molecule has 3 aromatic rings. The molecule has 1 aromatic heterocycles. The summed E-state index contributed by atoms with van der Waals surface area (Å²) >= 11 is 0. The highest BCUT2D eigenvalue weighted by Crippen LogP contribution is 2.23. The molecule has 0 fully saturated rings. The van der Waals surface area contributed by atoms with Crippen LogP contribution in [0.5, 0.6) is 5.75 Å². The summed E-state index contributed by atoms with van der Waals surface area (Å²) in [7, 11) is -2.33. The summed E-state index contributed by atoms with van der Waals surface area (Å²) in [5.41, 5.74) is 3.53. The van der Waals surface area contributed by atoms with Crippen LogP contribution in [-0.2, 0) is 34.3 Å². The molecule has 0 aliphatic carbocycles. The van der Waals surface area contributed by atoms with E-state index in [1.54, 1.807) is 18.3 Å². The lowest BCUT2D eigenvalue weighted by atomic mass is 10.00. The number of nitrogens with zero attached hydrogens (tertiary/aromatic N) is 2. The van der Waals surface area contributed by atoms with Crippen molar-refractivity contribution in [2.24, 2.45) is 0 Å². The molecule has 0 radical (unpaired) electrons. The van der Waals surface area contributed by atoms with Crippen molar-refractivity contribution in [1.82, 2.24) is 15.0 Å². The van der Waals surface area contributed by atoms with Crippen LogP contribution in [0.25, 0.3) is 0 Å². The molecule has 9 heteroatoms. The zero-order chi connectivity index (χ0) is 24.1. The Kier molecular flexibility index (Phi) is 7.14. The van der Waals surface area contributed by atoms with Gasteiger partial charge in [0.25, 0.3) is 0 Å². The highest BCUT2D eigenvalue weighted by atomic mass is 32.2. The van der Waals surface area contributed by atoms with E-state index in [-0.39, 0.29) is 11.4 Å². The van der Waals surface area contributed by atoms with Gasteiger partial charge in [0, 0.05) is 25.8 Å². The SMILES string of the molecule is COc1ccc(S(=O)(=O)N[C@@H](C)C(=O)NCc2ccc(N3CCc4ccccc4C3)nc2)cc1. The third kappa shape index (κ3) is 5.55. The van der Waals surface area contributed by atoms with Crippen molar-refractivity contribution >= 4 is 21.7 Å². The zero-order valence-corrected chi connectivity index (χ0v) is 20.0. The number of hydrogen-bond donors (Lipinski definition) is 2. The fourth-order valence-electron chi connectivity index (χ4n) is 3.85. The van der Waals surface area contributed by atoms with E-state index in [1.165, 1.54) is 37.3 Å². The lowest BCUT2D eigenvalue weighted by molar-refractivity contribution is -0.122. The van der Waals surface area contributed by atoms with Gasteiger partial charge in [0.05, 0.1) is 18.0 Å². The lowest BCUT2D eigenvalue weighted by Crippen LogP contribution is -2.44. The number of amides is 1. The van der Waals surface area contributed by atoms with Crippen LogP contribution < -0.4 is 19.7 Å². The van der Waals surface area contributed by atoms with E-state index in [0.29, 0.717) is 5.75 Å². The van der Waals surface area contributed by atoms with E-state index < -0.39 is 22.0 Å². The second kappa shape index (κ2) is 10.2. The van der Waals surface area contributed by atoms with Crippen LogP contribution in [0.15, 0.2) is 71.8 Å². The predicted molar refractivity (Wildman–Crippen MR) is 130 cm³/mol. The third-order valence-corrected chi connectivity index (χ3v) is 7.38. The lowest BCUT2D eigenvalue weighted by Gasteiger charge is -2.29. The topological polar surface area (TPSA) is 101 Å². The van der Waals surface area contributed by atoms with Gasteiger partial charge in [-0.25, -0.2) is 13.4 Å². The molecule has 2 heterocycles. The second-order valence-electron chi connectivity index (χ2n) is 8.20. The molecule has 0 saturated heterocycles. The van der Waals surface area contributed by atoms with Gasteiger partial charge in [-0.3, -0.25) is 4.79 Å². The number of pyridine rings is 1. The van der Waals surface area contributed by atoms with E-state index in [9.17, 15) is 13.2 Å². The number of anilines is 1. The van der Waals surface area contributed by atoms with Crippen LogP contribution in [0.4, 0.5) is 5.82 Å². The van der Waals surface area contributed by atoms with Crippen LogP contribution in [0.1, 0.15) is 23.6 Å². The molecular weight excluding hydrogens is 452 g/mol. The van der Waals surface area contributed by atoms with Crippen molar-refractivity contribution in [3.8, 4) is 5.75 Å². The highest BCUT2D eigenvalue weighted by molar-refractivity contribution is 7.89. The first-order valence-electron chi connectivity index (χ1n) is 11.1. The molecule has 1 aliphatic heterocycles. The van der Waals surface area contributed by atoms with Gasteiger partial charge in [-0.2, -0.15) is 4.72 Å². The third-order valence-electron chi connectivity index (χ3n) is 5.83. The molecule has 0 saturated carbocycles. The average molecular weight is 481 g/mol. The molecule has 2 N–H and O–H groups in total. The molecule has 1 aliphatic rings. The summed E-state index contributed by atoms with van der Waals surface area (Å²) in [5.74, 6) is 1.02. The van der Waals surface area contributed by atoms with Gasteiger partial charge >= 0.3 is 0 Å². The van der Waals surface area contributed by atoms with Gasteiger partial charge in [-0.1, -0.05) is 30.3 Å². The van der Waals surface area contributed by atoms with E-state index in [1.807, 2.05) is 12.1 Å². The summed E-state index contributed by atoms with van der Waals surface area (Å²) in [6, 6.07) is 17.4. The van der Waals surface area contributed by atoms with E-state index in [4.69, 9.17) is 4.74 Å². The van der Waals surface area contributed by atoms with Crippen LogP contribution >= 0.6 is 0 Å². The summed E-state index contributed by atoms with van der Waals surface area (Å²) in [6.45, 7) is 3.49. The monoisotopic (exact) mass is 480 g/mol. The number of methoxy groups -OCH3 is 1. The van der Waals surface area contributed by atoms with Crippen molar-refractivity contribution in [3.05, 3.63) is 83.6 Å². The Labute approximate surface area is 200 Å². The van der Waals surface area contributed by atoms with E-state index in [2.05, 4.69) is 44.2 Å². The molecule has 1 atom stereocenters. The van der Waals surface area contributed by atoms with Crippen molar-refractivity contribution in [1.29, 1.82) is 0 Å². The van der Waals surface area contributed by atoms with Crippen LogP contribution in [0.2, 0.25) is 0 Å². The van der Waals surface area contributed by atoms with Gasteiger partial charge in [-0.05, 0) is 60.4 Å². The molecule has 8 nitrogen and oxygen atoms in total. The molecule has 34 heavy (non-hydrogen) atoms. The van der Waals surface area contributed by atoms with Gasteiger partial charge < -0.3 is 15.0 Å². The van der Waals surface area contributed by atoms with Crippen molar-refractivity contribution in [3.63, 3.8) is 0 Å². The largest absolute Gasteiger partial charge is 0.497 e. The summed E-state index contributed by atoms with van der Waals surface area (Å²) in [4.78, 5) is 19.3. The molecule has 0 unspecified atom stereocenters. The van der Waals surface area contributed by atoms with Gasteiger partial charge in [0.1, 0.15) is 11.6 Å². The first-order valence-corrected chi connectivity index (χ1v) is 12.5. The molecule has 0 spiro atoms. The number of hydrogen-bond acceptors (Lipinski definition) is 6. The number of ether oxygens (including phenoxy) is 1. The molecular formula is C25H28N4O4S. The number of nitrogens with one attached hydrogen (secondary N) is 2. The van der Waals surface area contributed by atoms with Crippen LogP contribution in [0, 0.1) is 0 Å². The number of aromatic nitrogens is 1. The number of carbonyl (C=O) groups excluding carboxylic acids is 1. The van der Waals surface area contributed by atoms with Gasteiger partial charge in [0.15, 0.2) is 0 Å². The molecule has 1 amide bonds. The molecule has 2 aromatic carbocycles. The van der Waals surface area contributed by atoms with Crippen molar-refractivity contribution < 1.29 is 17.9 Å². The first kappa shape index (κ1) is 23.7. The van der Waals surface area contributed by atoms with Crippen LogP contribution in [-0.4, -0.2) is 39.0 Å². The maximum absolute atomic E-state index is 12.5. The Morgan fingerprint density at radius 3 is 2.50 bits per heavy atom. The van der Waals surface area contributed by atoms with Crippen molar-refractivity contribution in [2.45, 2.75) is 37.4 Å². The zero-order valence-electron chi connectivity index (χ0n) is 19.2. The normalized spacial score (nSPS) is 14.2. The Hall–Kier alpha value is -3.43. The molecule has 0 bridgehead atoms. The number of fused-ring (bicyclic) bond motifs is 1. The van der Waals surface area contributed by atoms with Gasteiger partial charge in [-0.15, -0.1) is 0 Å². The number of rotatable bonds is 8. The fraction of sp³-hybridized carbons (Fsp3) is 0.280. The Balaban J connectivity index is 1.30. The minimum Gasteiger partial charge on any atom is -0.497 e. The van der Waals surface area contributed by atoms with Crippen molar-refractivity contribution in [2.75, 3.05) is 18.6 Å². The number of benzene rings is 2. The Morgan fingerprint density at radius 1 is 1.09 bits per heavy atom. The average Bonchev–Trinajstić information content (AvgIpc) is 2.87. The summed E-state index contributed by atoms with van der Waals surface area (Å²) in [5, 5.41) is 2.76. The quantitative estimate of drug-likeness (QED) is 0.514. The van der Waals surface area contributed by atoms with E-state index in [0.717, 1.165) is 30.9 Å². The summed E-state index contributed by atoms with van der Waals surface area (Å²) < 4.78 is 32.5. The Morgan fingerprint density at radius 2 is 1.82 bits per heavy atom. The second-order valence-corrected chi connectivity index (χ2v) is 9.92. The van der Waals surface area contributed by atoms with Gasteiger partial charge in [0.2, 0.25) is 15.9 Å². The smallest absolute Gasteiger partial charge is 0.241 e. The molecule has 178 valence electrons. The first-order chi connectivity index (χ1) is 16.4. The van der Waals surface area contributed by atoms with E-state index >= 15 is 0 Å². The highest BCUT2D eigenvalue weighted by Gasteiger charge is 2.22. The minimum atomic E-state index is -3.84. The fourth-order valence-corrected chi connectivity index (χ4v) is 5.05. The summed E-state index contributed by atoms with van der Waals surface area (Å²) in [6.07, 6.45) is 2.72.